The number of hydrogen-bond acceptors (Lipinski definition) is 4. The van der Waals surface area contributed by atoms with Gasteiger partial charge in [0.05, 0.1) is 18.6 Å². The molecule has 0 saturated carbocycles. The molecule has 0 unspecified atom stereocenters. The van der Waals surface area contributed by atoms with E-state index in [4.69, 9.17) is 9.16 Å². The highest BCUT2D eigenvalue weighted by Crippen LogP contribution is 2.52. The Morgan fingerprint density at radius 1 is 1.26 bits per heavy atom. The number of allylic oxidation sites excluding steroid dienone is 1. The summed E-state index contributed by atoms with van der Waals surface area (Å²) in [4.78, 5) is 24.5. The number of carboxylic acid groups (broad SMARTS) is 1. The first kappa shape index (κ1) is 19.9. The van der Waals surface area contributed by atoms with Crippen LogP contribution in [0.5, 0.6) is 0 Å². The summed E-state index contributed by atoms with van der Waals surface area (Å²) in [5.41, 5.74) is -2.56. The topological polar surface area (TPSA) is 72.8 Å². The van der Waals surface area contributed by atoms with Crippen LogP contribution in [0.15, 0.2) is 12.2 Å². The van der Waals surface area contributed by atoms with Gasteiger partial charge in [-0.25, -0.2) is 0 Å². The molecule has 3 atom stereocenters. The van der Waals surface area contributed by atoms with Crippen molar-refractivity contribution in [3.8, 4) is 0 Å². The Balaban J connectivity index is 3.40. The molecule has 6 heteroatoms. The van der Waals surface area contributed by atoms with Gasteiger partial charge in [0.25, 0.3) is 0 Å². The van der Waals surface area contributed by atoms with E-state index in [1.807, 2.05) is 6.08 Å². The summed E-state index contributed by atoms with van der Waals surface area (Å²) < 4.78 is 11.4. The van der Waals surface area contributed by atoms with Crippen molar-refractivity contribution in [1.29, 1.82) is 0 Å². The molecule has 0 heterocycles. The lowest BCUT2D eigenvalue weighted by atomic mass is 9.58. The van der Waals surface area contributed by atoms with Gasteiger partial charge in [-0.05, 0) is 38.4 Å². The van der Waals surface area contributed by atoms with E-state index >= 15 is 0 Å². The zero-order chi connectivity index (χ0) is 18.3. The highest BCUT2D eigenvalue weighted by atomic mass is 28.4. The molecule has 0 aromatic rings. The van der Waals surface area contributed by atoms with Crippen molar-refractivity contribution in [2.75, 3.05) is 7.11 Å². The maximum absolute atomic E-state index is 12.6. The summed E-state index contributed by atoms with van der Waals surface area (Å²) in [5, 5.41) is 9.72. The molecule has 0 spiro atoms. The fourth-order valence-corrected chi connectivity index (χ4v) is 3.96. The minimum atomic E-state index is -2.19. The number of rotatable bonds is 4. The number of aliphatic carboxylic acids is 1. The molecule has 0 radical (unpaired) electrons. The first-order valence-electron chi connectivity index (χ1n) is 7.90. The Morgan fingerprint density at radius 2 is 1.78 bits per heavy atom. The van der Waals surface area contributed by atoms with Crippen molar-refractivity contribution in [1.82, 2.24) is 0 Å². The molecule has 1 rings (SSSR count). The largest absolute Gasteiger partial charge is 0.481 e. The second kappa shape index (κ2) is 6.05. The molecule has 1 aliphatic rings. The summed E-state index contributed by atoms with van der Waals surface area (Å²) in [6.45, 7) is 13.7. The monoisotopic (exact) mass is 342 g/mol. The van der Waals surface area contributed by atoms with E-state index in [-0.39, 0.29) is 11.5 Å². The van der Waals surface area contributed by atoms with Crippen LogP contribution in [0.1, 0.15) is 41.0 Å². The van der Waals surface area contributed by atoms with Crippen molar-refractivity contribution in [3.63, 3.8) is 0 Å². The Kier molecular flexibility index (Phi) is 5.24. The summed E-state index contributed by atoms with van der Waals surface area (Å²) in [5.74, 6) is -1.56. The van der Waals surface area contributed by atoms with Gasteiger partial charge in [-0.15, -0.1) is 0 Å². The van der Waals surface area contributed by atoms with Crippen LogP contribution in [0.2, 0.25) is 18.1 Å². The normalized spacial score (nSPS) is 31.7. The SMILES string of the molecule is COC(=O)[C@]1(C)[C@@H](O[Si](C)(C)C(C)(C)C)C=CC[C@]1(C)C(=O)O. The number of esters is 1. The van der Waals surface area contributed by atoms with Crippen LogP contribution in [-0.2, 0) is 18.8 Å². The minimum absolute atomic E-state index is 0.0467. The predicted molar refractivity (Wildman–Crippen MR) is 91.7 cm³/mol. The van der Waals surface area contributed by atoms with Crippen molar-refractivity contribution < 1.29 is 23.9 Å². The molecular weight excluding hydrogens is 312 g/mol. The molecule has 0 aliphatic heterocycles. The second-order valence-corrected chi connectivity index (χ2v) is 13.0. The van der Waals surface area contributed by atoms with E-state index in [1.54, 1.807) is 19.9 Å². The first-order valence-corrected chi connectivity index (χ1v) is 10.8. The van der Waals surface area contributed by atoms with E-state index in [2.05, 4.69) is 33.9 Å². The molecule has 1 aliphatic carbocycles. The number of methoxy groups -OCH3 is 1. The van der Waals surface area contributed by atoms with Crippen molar-refractivity contribution in [3.05, 3.63) is 12.2 Å². The molecule has 0 bridgehead atoms. The number of hydrogen-bond donors (Lipinski definition) is 1. The van der Waals surface area contributed by atoms with Gasteiger partial charge in [0.1, 0.15) is 5.41 Å². The highest BCUT2D eigenvalue weighted by Gasteiger charge is 2.62. The van der Waals surface area contributed by atoms with E-state index in [9.17, 15) is 14.7 Å². The molecule has 0 aromatic carbocycles. The van der Waals surface area contributed by atoms with E-state index in [0.717, 1.165) is 0 Å². The van der Waals surface area contributed by atoms with Gasteiger partial charge in [-0.1, -0.05) is 32.9 Å². The lowest BCUT2D eigenvalue weighted by Gasteiger charge is -2.50. The summed E-state index contributed by atoms with van der Waals surface area (Å²) in [6.07, 6.45) is 3.27. The molecule has 23 heavy (non-hydrogen) atoms. The lowest BCUT2D eigenvalue weighted by Crippen LogP contribution is -2.60. The molecule has 132 valence electrons. The van der Waals surface area contributed by atoms with E-state index < -0.39 is 37.2 Å². The lowest BCUT2D eigenvalue weighted by molar-refractivity contribution is -0.182. The first-order chi connectivity index (χ1) is 10.2. The molecule has 0 saturated heterocycles. The van der Waals surface area contributed by atoms with Gasteiger partial charge in [-0.3, -0.25) is 9.59 Å². The smallest absolute Gasteiger partial charge is 0.315 e. The zero-order valence-corrected chi connectivity index (χ0v) is 16.5. The number of carboxylic acids is 1. The average molecular weight is 343 g/mol. The Hall–Kier alpha value is -1.14. The molecule has 0 fully saturated rings. The van der Waals surface area contributed by atoms with Gasteiger partial charge < -0.3 is 14.3 Å². The molecular formula is C17H30O5Si. The Morgan fingerprint density at radius 3 is 2.17 bits per heavy atom. The fourth-order valence-electron chi connectivity index (χ4n) is 2.66. The van der Waals surface area contributed by atoms with E-state index in [1.165, 1.54) is 7.11 Å². The summed E-state index contributed by atoms with van der Waals surface area (Å²) in [7, 11) is -0.900. The summed E-state index contributed by atoms with van der Waals surface area (Å²) >= 11 is 0. The van der Waals surface area contributed by atoms with Crippen LogP contribution < -0.4 is 0 Å². The molecule has 0 amide bonds. The van der Waals surface area contributed by atoms with Crippen LogP contribution in [-0.4, -0.2) is 38.6 Å². The number of carbonyl (C=O) groups is 2. The number of carbonyl (C=O) groups excluding carboxylic acids is 1. The van der Waals surface area contributed by atoms with Crippen LogP contribution in [0, 0.1) is 10.8 Å². The van der Waals surface area contributed by atoms with Gasteiger partial charge in [0.15, 0.2) is 8.32 Å². The number of ether oxygens (including phenoxy) is 1. The van der Waals surface area contributed by atoms with Gasteiger partial charge in [0, 0.05) is 0 Å². The van der Waals surface area contributed by atoms with Crippen LogP contribution in [0.25, 0.3) is 0 Å². The highest BCUT2D eigenvalue weighted by molar-refractivity contribution is 6.74. The zero-order valence-electron chi connectivity index (χ0n) is 15.5. The third kappa shape index (κ3) is 3.11. The van der Waals surface area contributed by atoms with E-state index in [0.29, 0.717) is 0 Å². The minimum Gasteiger partial charge on any atom is -0.481 e. The van der Waals surface area contributed by atoms with Crippen LogP contribution >= 0.6 is 0 Å². The quantitative estimate of drug-likeness (QED) is 0.480. The van der Waals surface area contributed by atoms with Crippen molar-refractivity contribution >= 4 is 20.3 Å². The third-order valence-electron chi connectivity index (χ3n) is 5.86. The molecule has 0 aromatic heterocycles. The maximum Gasteiger partial charge on any atom is 0.315 e. The van der Waals surface area contributed by atoms with Gasteiger partial charge in [0.2, 0.25) is 0 Å². The van der Waals surface area contributed by atoms with Crippen molar-refractivity contribution in [2.45, 2.75) is 65.3 Å². The predicted octanol–water partition coefficient (Wildman–Crippen LogP) is 3.61. The molecule has 1 N–H and O–H groups in total. The molecule has 5 nitrogen and oxygen atoms in total. The van der Waals surface area contributed by atoms with Crippen LogP contribution in [0.4, 0.5) is 0 Å². The van der Waals surface area contributed by atoms with Gasteiger partial charge >= 0.3 is 11.9 Å². The Bertz CT molecular complexity index is 520. The van der Waals surface area contributed by atoms with Gasteiger partial charge in [-0.2, -0.15) is 0 Å². The standard InChI is InChI=1S/C17H30O5Si/c1-15(2,3)23(7,8)22-12-10-9-11-16(4,13(18)19)17(12,5)14(20)21-6/h9-10,12H,11H2,1-8H3,(H,18,19)/t12-,16+,17-/m0/s1. The fraction of sp³-hybridized carbons (Fsp3) is 0.765. The van der Waals surface area contributed by atoms with Crippen molar-refractivity contribution in [2.24, 2.45) is 10.8 Å². The second-order valence-electron chi connectivity index (χ2n) is 8.26. The van der Waals surface area contributed by atoms with Crippen LogP contribution in [0.3, 0.4) is 0 Å². The third-order valence-corrected chi connectivity index (χ3v) is 10.3. The summed E-state index contributed by atoms with van der Waals surface area (Å²) in [6, 6.07) is 0. The maximum atomic E-state index is 12.6. The Labute approximate surface area is 140 Å². The average Bonchev–Trinajstić information content (AvgIpc) is 2.41.